The van der Waals surface area contributed by atoms with Crippen LogP contribution >= 0.6 is 0 Å². The van der Waals surface area contributed by atoms with Gasteiger partial charge in [0, 0.05) is 49.2 Å². The van der Waals surface area contributed by atoms with E-state index in [4.69, 9.17) is 4.74 Å². The minimum Gasteiger partial charge on any atom is -0.383 e. The highest BCUT2D eigenvalue weighted by molar-refractivity contribution is 6.02. The molecule has 0 atom stereocenters. The number of nitrogens with zero attached hydrogens (tertiary/aromatic N) is 2. The van der Waals surface area contributed by atoms with E-state index in [0.717, 1.165) is 32.8 Å². The lowest BCUT2D eigenvalue weighted by atomic mass is 10.1. The van der Waals surface area contributed by atoms with Gasteiger partial charge in [-0.15, -0.1) is 0 Å². The van der Waals surface area contributed by atoms with Crippen molar-refractivity contribution in [2.75, 3.05) is 38.7 Å². The fourth-order valence-electron chi connectivity index (χ4n) is 4.94. The largest absolute Gasteiger partial charge is 0.383 e. The van der Waals surface area contributed by atoms with Crippen LogP contribution in [0, 0.1) is 5.82 Å². The molecule has 0 radical (unpaired) electrons. The van der Waals surface area contributed by atoms with E-state index in [0.29, 0.717) is 25.2 Å². The van der Waals surface area contributed by atoms with Gasteiger partial charge < -0.3 is 24.8 Å². The molecule has 0 saturated heterocycles. The highest BCUT2D eigenvalue weighted by Gasteiger charge is 2.22. The summed E-state index contributed by atoms with van der Waals surface area (Å²) in [5.41, 5.74) is 3.62. The Morgan fingerprint density at radius 1 is 0.854 bits per heavy atom. The molecule has 0 aliphatic carbocycles. The number of ether oxygens (including phenoxy) is 1. The van der Waals surface area contributed by atoms with E-state index in [1.165, 1.54) is 17.0 Å². The second-order valence-corrected chi connectivity index (χ2v) is 9.92. The Bertz CT molecular complexity index is 1630. The Hall–Kier alpha value is -4.69. The molecule has 8 heteroatoms. The van der Waals surface area contributed by atoms with E-state index in [2.05, 4.69) is 16.4 Å². The molecule has 41 heavy (non-hydrogen) atoms. The molecule has 210 valence electrons. The standard InChI is InChI=1S/C33H33FN4O3/c1-41-20-19-38(33(40)36-31-12-6-8-25-7-2-3-9-28(25)31)23-32(39)37(22-24-13-15-27(34)16-14-24)18-17-26-21-35-30-11-5-4-10-29(26)30/h2-16,21,35H,17-20,22-23H2,1H3,(H,36,40). The number of H-pyrrole nitrogens is 1. The van der Waals surface area contributed by atoms with Crippen molar-refractivity contribution in [2.45, 2.75) is 13.0 Å². The van der Waals surface area contributed by atoms with Crippen molar-refractivity contribution in [1.29, 1.82) is 0 Å². The molecule has 0 fully saturated rings. The first-order valence-electron chi connectivity index (χ1n) is 13.6. The number of hydrogen-bond donors (Lipinski definition) is 2. The van der Waals surface area contributed by atoms with Crippen LogP contribution in [0.1, 0.15) is 11.1 Å². The summed E-state index contributed by atoms with van der Waals surface area (Å²) in [4.78, 5) is 33.7. The van der Waals surface area contributed by atoms with E-state index in [9.17, 15) is 14.0 Å². The Balaban J connectivity index is 1.34. The molecule has 0 spiro atoms. The van der Waals surface area contributed by atoms with Crippen molar-refractivity contribution in [3.05, 3.63) is 114 Å². The highest BCUT2D eigenvalue weighted by atomic mass is 19.1. The van der Waals surface area contributed by atoms with Gasteiger partial charge in [0.1, 0.15) is 12.4 Å². The van der Waals surface area contributed by atoms with Crippen LogP contribution in [-0.2, 0) is 22.5 Å². The van der Waals surface area contributed by atoms with Crippen molar-refractivity contribution < 1.29 is 18.7 Å². The zero-order valence-corrected chi connectivity index (χ0v) is 23.0. The second kappa shape index (κ2) is 13.1. The molecule has 1 heterocycles. The maximum absolute atomic E-state index is 13.8. The number of carbonyl (C=O) groups excluding carboxylic acids is 2. The van der Waals surface area contributed by atoms with Crippen LogP contribution in [0.15, 0.2) is 97.2 Å². The molecule has 0 aliphatic rings. The normalized spacial score (nSPS) is 11.1. The van der Waals surface area contributed by atoms with E-state index in [1.807, 2.05) is 66.9 Å². The number of nitrogens with one attached hydrogen (secondary N) is 2. The number of aromatic nitrogens is 1. The predicted octanol–water partition coefficient (Wildman–Crippen LogP) is 6.21. The van der Waals surface area contributed by atoms with Crippen molar-refractivity contribution in [3.63, 3.8) is 0 Å². The van der Waals surface area contributed by atoms with Gasteiger partial charge in [-0.3, -0.25) is 4.79 Å². The first-order valence-corrected chi connectivity index (χ1v) is 13.6. The molecule has 5 rings (SSSR count). The number of halogens is 1. The number of amides is 3. The molecule has 0 saturated carbocycles. The zero-order valence-electron chi connectivity index (χ0n) is 23.0. The number of urea groups is 1. The number of anilines is 1. The number of rotatable bonds is 11. The van der Waals surface area contributed by atoms with Crippen LogP contribution in [0.3, 0.4) is 0 Å². The Morgan fingerprint density at radius 2 is 1.59 bits per heavy atom. The second-order valence-electron chi connectivity index (χ2n) is 9.92. The number of methoxy groups -OCH3 is 1. The molecular formula is C33H33FN4O3. The van der Waals surface area contributed by atoms with Crippen molar-refractivity contribution in [3.8, 4) is 0 Å². The molecule has 0 aliphatic heterocycles. The molecule has 2 N–H and O–H groups in total. The lowest BCUT2D eigenvalue weighted by molar-refractivity contribution is -0.132. The smallest absolute Gasteiger partial charge is 0.322 e. The quantitative estimate of drug-likeness (QED) is 0.205. The molecular weight excluding hydrogens is 519 g/mol. The van der Waals surface area contributed by atoms with Crippen LogP contribution in [-0.4, -0.2) is 60.1 Å². The average molecular weight is 553 g/mol. The molecule has 3 amide bonds. The monoisotopic (exact) mass is 552 g/mol. The third-order valence-electron chi connectivity index (χ3n) is 7.18. The van der Waals surface area contributed by atoms with Gasteiger partial charge in [0.2, 0.25) is 5.91 Å². The topological polar surface area (TPSA) is 77.7 Å². The Morgan fingerprint density at radius 3 is 2.39 bits per heavy atom. The van der Waals surface area contributed by atoms with Gasteiger partial charge in [0.25, 0.3) is 0 Å². The molecule has 7 nitrogen and oxygen atoms in total. The van der Waals surface area contributed by atoms with Crippen LogP contribution < -0.4 is 5.32 Å². The molecule has 1 aromatic heterocycles. The summed E-state index contributed by atoms with van der Waals surface area (Å²) >= 11 is 0. The van der Waals surface area contributed by atoms with Gasteiger partial charge in [-0.25, -0.2) is 9.18 Å². The van der Waals surface area contributed by atoms with E-state index < -0.39 is 0 Å². The highest BCUT2D eigenvalue weighted by Crippen LogP contribution is 2.23. The number of para-hydroxylation sites is 1. The van der Waals surface area contributed by atoms with Gasteiger partial charge in [-0.2, -0.15) is 0 Å². The van der Waals surface area contributed by atoms with Crippen LogP contribution in [0.5, 0.6) is 0 Å². The van der Waals surface area contributed by atoms with Crippen LogP contribution in [0.25, 0.3) is 21.7 Å². The van der Waals surface area contributed by atoms with E-state index >= 15 is 0 Å². The number of carbonyl (C=O) groups is 2. The third kappa shape index (κ3) is 6.91. The van der Waals surface area contributed by atoms with Crippen LogP contribution in [0.4, 0.5) is 14.9 Å². The van der Waals surface area contributed by atoms with Gasteiger partial charge in [0.15, 0.2) is 0 Å². The molecule has 5 aromatic rings. The third-order valence-corrected chi connectivity index (χ3v) is 7.18. The van der Waals surface area contributed by atoms with Crippen molar-refractivity contribution in [1.82, 2.24) is 14.8 Å². The number of benzene rings is 4. The van der Waals surface area contributed by atoms with Gasteiger partial charge in [-0.05, 0) is 47.2 Å². The summed E-state index contributed by atoms with van der Waals surface area (Å²) in [5.74, 6) is -0.542. The summed E-state index contributed by atoms with van der Waals surface area (Å²) in [6.45, 7) is 1.12. The number of hydrogen-bond acceptors (Lipinski definition) is 3. The lowest BCUT2D eigenvalue weighted by Crippen LogP contribution is -2.46. The Labute approximate surface area is 238 Å². The van der Waals surface area contributed by atoms with Crippen LogP contribution in [0.2, 0.25) is 0 Å². The van der Waals surface area contributed by atoms with Gasteiger partial charge in [-0.1, -0.05) is 66.7 Å². The molecule has 4 aromatic carbocycles. The summed E-state index contributed by atoms with van der Waals surface area (Å²) in [5, 5.41) is 6.01. The number of aromatic amines is 1. The van der Waals surface area contributed by atoms with Gasteiger partial charge in [0.05, 0.1) is 12.3 Å². The van der Waals surface area contributed by atoms with Crippen molar-refractivity contribution in [2.24, 2.45) is 0 Å². The maximum atomic E-state index is 13.8. The predicted molar refractivity (Wildman–Crippen MR) is 160 cm³/mol. The fourth-order valence-corrected chi connectivity index (χ4v) is 4.94. The Kier molecular flexibility index (Phi) is 8.91. The maximum Gasteiger partial charge on any atom is 0.322 e. The minimum atomic E-state index is -0.384. The minimum absolute atomic E-state index is 0.130. The molecule has 0 unspecified atom stereocenters. The summed E-state index contributed by atoms with van der Waals surface area (Å²) in [6, 6.07) is 27.3. The lowest BCUT2D eigenvalue weighted by Gasteiger charge is -2.28. The SMILES string of the molecule is COCCN(CC(=O)N(CCc1c[nH]c2ccccc12)Cc1ccc(F)cc1)C(=O)Nc1cccc2ccccc12. The van der Waals surface area contributed by atoms with Crippen molar-refractivity contribution >= 4 is 39.3 Å². The fraction of sp³-hybridized carbons (Fsp3) is 0.212. The van der Waals surface area contributed by atoms with E-state index in [1.54, 1.807) is 24.1 Å². The number of fused-ring (bicyclic) bond motifs is 2. The zero-order chi connectivity index (χ0) is 28.6. The first-order chi connectivity index (χ1) is 20.0. The van der Waals surface area contributed by atoms with Gasteiger partial charge >= 0.3 is 6.03 Å². The van der Waals surface area contributed by atoms with E-state index in [-0.39, 0.29) is 37.5 Å². The average Bonchev–Trinajstić information content (AvgIpc) is 3.41. The first kappa shape index (κ1) is 27.9. The summed E-state index contributed by atoms with van der Waals surface area (Å²) < 4.78 is 18.8. The molecule has 0 bridgehead atoms. The summed E-state index contributed by atoms with van der Waals surface area (Å²) in [6.07, 6.45) is 2.59. The summed E-state index contributed by atoms with van der Waals surface area (Å²) in [7, 11) is 1.56.